The van der Waals surface area contributed by atoms with Crippen LogP contribution >= 0.6 is 0 Å². The van der Waals surface area contributed by atoms with Crippen LogP contribution in [0.25, 0.3) is 33.2 Å². The third-order valence-electron chi connectivity index (χ3n) is 7.76. The van der Waals surface area contributed by atoms with E-state index in [0.717, 1.165) is 71.0 Å². The Labute approximate surface area is 258 Å². The van der Waals surface area contributed by atoms with E-state index in [-0.39, 0.29) is 11.8 Å². The van der Waals surface area contributed by atoms with E-state index in [2.05, 4.69) is 55.7 Å². The van der Waals surface area contributed by atoms with Crippen LogP contribution in [0.3, 0.4) is 0 Å². The monoisotopic (exact) mass is 588 g/mol. The zero-order valence-electron chi connectivity index (χ0n) is 25.4. The Balaban J connectivity index is 0.920. The summed E-state index contributed by atoms with van der Waals surface area (Å²) in [5, 5.41) is 7.86. The first kappa shape index (κ1) is 30.7. The van der Waals surface area contributed by atoms with Gasteiger partial charge in [-0.3, -0.25) is 29.5 Å². The second-order valence-corrected chi connectivity index (χ2v) is 11.3. The van der Waals surface area contributed by atoms with Gasteiger partial charge in [0.05, 0.1) is 28.1 Å². The quantitative estimate of drug-likeness (QED) is 0.0977. The first-order chi connectivity index (χ1) is 21.6. The van der Waals surface area contributed by atoms with Crippen LogP contribution in [-0.4, -0.2) is 38.3 Å². The maximum absolute atomic E-state index is 12.7. The summed E-state index contributed by atoms with van der Waals surface area (Å²) in [7, 11) is 0. The number of hydrogen-bond acceptors (Lipinski definition) is 6. The molecule has 0 aliphatic carbocycles. The van der Waals surface area contributed by atoms with Crippen molar-refractivity contribution < 1.29 is 9.59 Å². The molecular formula is C36H40N6O2. The maximum Gasteiger partial charge on any atom is 0.224 e. The highest BCUT2D eigenvalue weighted by molar-refractivity contribution is 6.11. The van der Waals surface area contributed by atoms with Gasteiger partial charge in [-0.15, -0.1) is 0 Å². The molecule has 0 radical (unpaired) electrons. The average Bonchev–Trinajstić information content (AvgIpc) is 3.04. The predicted octanol–water partition coefficient (Wildman–Crippen LogP) is 7.36. The fraction of sp³-hybridized carbons (Fsp3) is 0.333. The molecule has 4 heterocycles. The first-order valence-corrected chi connectivity index (χ1v) is 15.6. The van der Waals surface area contributed by atoms with Crippen molar-refractivity contribution in [1.29, 1.82) is 0 Å². The van der Waals surface area contributed by atoms with Gasteiger partial charge in [0.25, 0.3) is 0 Å². The standard InChI is InChI=1S/C36H40N6O2/c1-26-16-21-37-31(23-26)32-24-27(17-22-38-32)11-5-3-2-4-8-18-39-33(43)14-6-7-15-34(44)42-30-25-28-12-9-19-40-35(28)36-29(30)13-10-20-41-36/h9-10,12-13,16-17,19-25H,2-8,11,14-15,18H2,1H3,(H,39,43)(H,42,44). The van der Waals surface area contributed by atoms with Gasteiger partial charge in [-0.25, -0.2) is 0 Å². The number of nitrogens with zero attached hydrogens (tertiary/aromatic N) is 4. The second kappa shape index (κ2) is 15.7. The van der Waals surface area contributed by atoms with E-state index in [1.165, 1.54) is 17.5 Å². The van der Waals surface area contributed by atoms with Crippen molar-refractivity contribution in [2.75, 3.05) is 11.9 Å². The van der Waals surface area contributed by atoms with Crippen LogP contribution in [0.5, 0.6) is 0 Å². The molecule has 2 N–H and O–H groups in total. The van der Waals surface area contributed by atoms with Gasteiger partial charge in [-0.05, 0) is 98.7 Å². The number of pyridine rings is 4. The third-order valence-corrected chi connectivity index (χ3v) is 7.76. The molecule has 2 amide bonds. The lowest BCUT2D eigenvalue weighted by Gasteiger charge is -2.11. The zero-order valence-corrected chi connectivity index (χ0v) is 25.4. The summed E-state index contributed by atoms with van der Waals surface area (Å²) < 4.78 is 0. The number of aromatic nitrogens is 4. The number of nitrogens with one attached hydrogen (secondary N) is 2. The molecule has 0 aliphatic heterocycles. The molecule has 8 nitrogen and oxygen atoms in total. The number of benzene rings is 1. The number of aryl methyl sites for hydroxylation is 2. The Hall–Kier alpha value is -4.72. The fourth-order valence-electron chi connectivity index (χ4n) is 5.41. The van der Waals surface area contributed by atoms with Crippen LogP contribution in [0.1, 0.15) is 68.9 Å². The predicted molar refractivity (Wildman–Crippen MR) is 176 cm³/mol. The van der Waals surface area contributed by atoms with Gasteiger partial charge < -0.3 is 10.6 Å². The fourth-order valence-corrected chi connectivity index (χ4v) is 5.41. The van der Waals surface area contributed by atoms with E-state index in [0.29, 0.717) is 32.2 Å². The van der Waals surface area contributed by atoms with Crippen LogP contribution in [0.2, 0.25) is 0 Å². The minimum atomic E-state index is -0.0635. The van der Waals surface area contributed by atoms with Crippen molar-refractivity contribution in [2.45, 2.75) is 71.1 Å². The summed E-state index contributed by atoms with van der Waals surface area (Å²) in [5.41, 5.74) is 6.64. The molecule has 0 fully saturated rings. The van der Waals surface area contributed by atoms with Crippen LogP contribution in [0.15, 0.2) is 79.4 Å². The number of rotatable bonds is 15. The average molecular weight is 589 g/mol. The van der Waals surface area contributed by atoms with Crippen molar-refractivity contribution >= 4 is 39.3 Å². The Morgan fingerprint density at radius 2 is 1.36 bits per heavy atom. The molecule has 4 aromatic heterocycles. The topological polar surface area (TPSA) is 110 Å². The zero-order chi connectivity index (χ0) is 30.6. The Morgan fingerprint density at radius 3 is 2.20 bits per heavy atom. The summed E-state index contributed by atoms with van der Waals surface area (Å²) >= 11 is 0. The normalized spacial score (nSPS) is 11.1. The largest absolute Gasteiger partial charge is 0.356 e. The van der Waals surface area contributed by atoms with E-state index in [1.807, 2.05) is 48.8 Å². The minimum absolute atomic E-state index is 0.0566. The number of carbonyl (C=O) groups is 2. The highest BCUT2D eigenvalue weighted by Crippen LogP contribution is 2.29. The molecule has 0 unspecified atom stereocenters. The molecule has 1 aromatic carbocycles. The van der Waals surface area contributed by atoms with E-state index in [1.54, 1.807) is 12.4 Å². The summed E-state index contributed by atoms with van der Waals surface area (Å²) in [6.45, 7) is 2.77. The molecule has 44 heavy (non-hydrogen) atoms. The van der Waals surface area contributed by atoms with Gasteiger partial charge >= 0.3 is 0 Å². The number of unbranched alkanes of at least 4 members (excludes halogenated alkanes) is 5. The molecule has 0 atom stereocenters. The highest BCUT2D eigenvalue weighted by Gasteiger charge is 2.11. The summed E-state index contributed by atoms with van der Waals surface area (Å²) in [6, 6.07) is 17.9. The van der Waals surface area contributed by atoms with Gasteiger partial charge in [-0.2, -0.15) is 0 Å². The molecule has 5 aromatic rings. The number of amides is 2. The molecule has 0 saturated carbocycles. The molecule has 0 bridgehead atoms. The third kappa shape index (κ3) is 8.66. The molecule has 0 spiro atoms. The first-order valence-electron chi connectivity index (χ1n) is 15.6. The van der Waals surface area contributed by atoms with Crippen LogP contribution in [0.4, 0.5) is 5.69 Å². The summed E-state index contributed by atoms with van der Waals surface area (Å²) in [5.74, 6) is -0.00689. The number of carbonyl (C=O) groups excluding carboxylic acids is 2. The number of anilines is 1. The van der Waals surface area contributed by atoms with Gasteiger partial charge in [0.2, 0.25) is 11.8 Å². The molecule has 5 rings (SSSR count). The van der Waals surface area contributed by atoms with E-state index >= 15 is 0 Å². The van der Waals surface area contributed by atoms with Gasteiger partial charge in [0.1, 0.15) is 0 Å². The van der Waals surface area contributed by atoms with Crippen molar-refractivity contribution in [1.82, 2.24) is 25.3 Å². The van der Waals surface area contributed by atoms with E-state index in [9.17, 15) is 9.59 Å². The maximum atomic E-state index is 12.7. The lowest BCUT2D eigenvalue weighted by Crippen LogP contribution is -2.24. The summed E-state index contributed by atoms with van der Waals surface area (Å²) in [4.78, 5) is 42.8. The molecular weight excluding hydrogens is 548 g/mol. The molecule has 8 heteroatoms. The van der Waals surface area contributed by atoms with Crippen molar-refractivity contribution in [2.24, 2.45) is 0 Å². The van der Waals surface area contributed by atoms with Crippen LogP contribution in [-0.2, 0) is 16.0 Å². The molecule has 226 valence electrons. The number of hydrogen-bond donors (Lipinski definition) is 2. The molecule has 0 saturated heterocycles. The van der Waals surface area contributed by atoms with Crippen molar-refractivity contribution in [3.05, 3.63) is 90.5 Å². The van der Waals surface area contributed by atoms with Crippen LogP contribution in [0, 0.1) is 6.92 Å². The number of fused-ring (bicyclic) bond motifs is 3. The van der Waals surface area contributed by atoms with Gasteiger partial charge in [-0.1, -0.05) is 25.3 Å². The van der Waals surface area contributed by atoms with Crippen LogP contribution < -0.4 is 10.6 Å². The van der Waals surface area contributed by atoms with Gasteiger partial charge in [0.15, 0.2) is 0 Å². The van der Waals surface area contributed by atoms with Crippen molar-refractivity contribution in [3.8, 4) is 11.4 Å². The smallest absolute Gasteiger partial charge is 0.224 e. The Bertz CT molecular complexity index is 1720. The SMILES string of the molecule is Cc1ccnc(-c2cc(CCCCCCCNC(=O)CCCCC(=O)Nc3cc4cccnc4c4ncccc34)ccn2)c1. The van der Waals surface area contributed by atoms with Crippen molar-refractivity contribution in [3.63, 3.8) is 0 Å². The lowest BCUT2D eigenvalue weighted by atomic mass is 10.0. The Kier molecular flexibility index (Phi) is 10.9. The molecule has 0 aliphatic rings. The highest BCUT2D eigenvalue weighted by atomic mass is 16.2. The summed E-state index contributed by atoms with van der Waals surface area (Å²) in [6.07, 6.45) is 15.9. The van der Waals surface area contributed by atoms with Gasteiger partial charge in [0, 0.05) is 54.9 Å². The van der Waals surface area contributed by atoms with E-state index in [4.69, 9.17) is 0 Å². The lowest BCUT2D eigenvalue weighted by molar-refractivity contribution is -0.121. The second-order valence-electron chi connectivity index (χ2n) is 11.3. The minimum Gasteiger partial charge on any atom is -0.356 e. The van der Waals surface area contributed by atoms with E-state index < -0.39 is 0 Å². The Morgan fingerprint density at radius 1 is 0.659 bits per heavy atom.